The number of carbonyl (C=O) groups excluding carboxylic acids is 1. The second kappa shape index (κ2) is 6.68. The Morgan fingerprint density at radius 3 is 2.58 bits per heavy atom. The quantitative estimate of drug-likeness (QED) is 0.795. The van der Waals surface area contributed by atoms with Gasteiger partial charge in [-0.05, 0) is 36.8 Å². The first-order chi connectivity index (χ1) is 11.5. The number of rotatable bonds is 3. The van der Waals surface area contributed by atoms with Crippen LogP contribution < -0.4 is 10.7 Å². The zero-order valence-corrected chi connectivity index (χ0v) is 13.6. The summed E-state index contributed by atoms with van der Waals surface area (Å²) in [4.78, 5) is 24.4. The van der Waals surface area contributed by atoms with Crippen LogP contribution in [0.1, 0.15) is 16.1 Å². The van der Waals surface area contributed by atoms with Crippen LogP contribution in [0.4, 0.5) is 5.69 Å². The molecule has 1 aromatic heterocycles. The third-order valence-corrected chi connectivity index (χ3v) is 3.88. The van der Waals surface area contributed by atoms with Crippen LogP contribution in [0.2, 0.25) is 5.02 Å². The molecule has 5 nitrogen and oxygen atoms in total. The van der Waals surface area contributed by atoms with Crippen molar-refractivity contribution in [1.82, 2.24) is 9.78 Å². The molecule has 2 aromatic carbocycles. The van der Waals surface area contributed by atoms with E-state index in [1.54, 1.807) is 18.2 Å². The summed E-state index contributed by atoms with van der Waals surface area (Å²) < 4.78 is 1.48. The maximum absolute atomic E-state index is 12.4. The van der Waals surface area contributed by atoms with E-state index in [1.807, 2.05) is 37.3 Å². The van der Waals surface area contributed by atoms with Gasteiger partial charge < -0.3 is 5.32 Å². The van der Waals surface area contributed by atoms with E-state index >= 15 is 0 Å². The first-order valence-electron chi connectivity index (χ1n) is 7.27. The van der Waals surface area contributed by atoms with Crippen molar-refractivity contribution in [1.29, 1.82) is 0 Å². The fraction of sp³-hybridized carbons (Fsp3) is 0.0556. The summed E-state index contributed by atoms with van der Waals surface area (Å²) in [5.74, 6) is -0.579. The number of aryl methyl sites for hydroxylation is 1. The summed E-state index contributed by atoms with van der Waals surface area (Å²) >= 11 is 6.05. The molecule has 1 amide bonds. The first-order valence-corrected chi connectivity index (χ1v) is 7.65. The molecule has 0 atom stereocenters. The maximum atomic E-state index is 12.4. The average molecular weight is 340 g/mol. The van der Waals surface area contributed by atoms with Gasteiger partial charge in [0.25, 0.3) is 5.91 Å². The molecule has 120 valence electrons. The van der Waals surface area contributed by atoms with Crippen LogP contribution in [0.15, 0.2) is 65.6 Å². The molecule has 0 saturated heterocycles. The van der Waals surface area contributed by atoms with Gasteiger partial charge in [-0.25, -0.2) is 4.68 Å². The van der Waals surface area contributed by atoms with E-state index in [0.29, 0.717) is 10.7 Å². The fourth-order valence-electron chi connectivity index (χ4n) is 2.15. The highest BCUT2D eigenvalue weighted by atomic mass is 35.5. The zero-order valence-electron chi connectivity index (χ0n) is 12.9. The fourth-order valence-corrected chi connectivity index (χ4v) is 2.33. The van der Waals surface area contributed by atoms with Gasteiger partial charge in [-0.1, -0.05) is 35.9 Å². The van der Waals surface area contributed by atoms with Crippen LogP contribution in [0.25, 0.3) is 5.69 Å². The molecule has 0 unspecified atom stereocenters. The van der Waals surface area contributed by atoms with Crippen molar-refractivity contribution in [2.75, 3.05) is 5.32 Å². The van der Waals surface area contributed by atoms with Crippen LogP contribution in [-0.4, -0.2) is 15.7 Å². The van der Waals surface area contributed by atoms with Crippen LogP contribution in [-0.2, 0) is 0 Å². The third-order valence-electron chi connectivity index (χ3n) is 3.47. The minimum Gasteiger partial charge on any atom is -0.320 e. The Bertz CT molecular complexity index is 952. The zero-order chi connectivity index (χ0) is 17.1. The van der Waals surface area contributed by atoms with Crippen LogP contribution >= 0.6 is 11.6 Å². The highest BCUT2D eigenvalue weighted by molar-refractivity contribution is 6.31. The Balaban J connectivity index is 1.92. The lowest BCUT2D eigenvalue weighted by molar-refractivity contribution is 0.101. The number of hydrogen-bond donors (Lipinski definition) is 1. The maximum Gasteiger partial charge on any atom is 0.280 e. The van der Waals surface area contributed by atoms with Gasteiger partial charge >= 0.3 is 0 Å². The Morgan fingerprint density at radius 2 is 1.88 bits per heavy atom. The van der Waals surface area contributed by atoms with E-state index < -0.39 is 11.3 Å². The summed E-state index contributed by atoms with van der Waals surface area (Å²) in [5.41, 5.74) is 1.53. The predicted molar refractivity (Wildman–Crippen MR) is 94.0 cm³/mol. The number of carbonyl (C=O) groups is 1. The number of hydrogen-bond acceptors (Lipinski definition) is 3. The number of para-hydroxylation sites is 1. The Hall–Kier alpha value is -2.92. The molecule has 0 aliphatic carbocycles. The van der Waals surface area contributed by atoms with Crippen molar-refractivity contribution in [3.8, 4) is 5.69 Å². The summed E-state index contributed by atoms with van der Waals surface area (Å²) in [7, 11) is 0. The SMILES string of the molecule is Cc1ccc(NC(=O)c2nn(-c3ccccc3)ccc2=O)cc1Cl. The minimum absolute atomic E-state index is 0.182. The Kier molecular flexibility index (Phi) is 4.44. The summed E-state index contributed by atoms with van der Waals surface area (Å²) in [5, 5.41) is 7.32. The van der Waals surface area contributed by atoms with Gasteiger partial charge in [0.1, 0.15) is 0 Å². The van der Waals surface area contributed by atoms with Gasteiger partial charge in [0.2, 0.25) is 5.43 Å². The predicted octanol–water partition coefficient (Wildman–Crippen LogP) is 3.45. The van der Waals surface area contributed by atoms with Crippen molar-refractivity contribution < 1.29 is 4.79 Å². The number of anilines is 1. The first kappa shape index (κ1) is 16.0. The normalized spacial score (nSPS) is 10.4. The Labute approximate surface area is 143 Å². The van der Waals surface area contributed by atoms with E-state index in [2.05, 4.69) is 10.4 Å². The molecule has 6 heteroatoms. The average Bonchev–Trinajstić information content (AvgIpc) is 2.59. The molecule has 0 radical (unpaired) electrons. The molecular weight excluding hydrogens is 326 g/mol. The van der Waals surface area contributed by atoms with E-state index in [1.165, 1.54) is 16.9 Å². The molecule has 3 rings (SSSR count). The van der Waals surface area contributed by atoms with Gasteiger partial charge in [-0.15, -0.1) is 0 Å². The Morgan fingerprint density at radius 1 is 1.12 bits per heavy atom. The summed E-state index contributed by atoms with van der Waals surface area (Å²) in [6.45, 7) is 1.87. The molecule has 0 fully saturated rings. The number of halogens is 1. The number of nitrogens with zero attached hydrogens (tertiary/aromatic N) is 2. The van der Waals surface area contributed by atoms with Crippen molar-refractivity contribution >= 4 is 23.2 Å². The van der Waals surface area contributed by atoms with Crippen molar-refractivity contribution in [2.24, 2.45) is 0 Å². The largest absolute Gasteiger partial charge is 0.320 e. The topological polar surface area (TPSA) is 64.0 Å². The van der Waals surface area contributed by atoms with Gasteiger partial charge in [0.05, 0.1) is 5.69 Å². The van der Waals surface area contributed by atoms with Gasteiger partial charge in [-0.2, -0.15) is 5.10 Å². The second-order valence-corrected chi connectivity index (χ2v) is 5.63. The lowest BCUT2D eigenvalue weighted by Crippen LogP contribution is -2.25. The number of amides is 1. The molecule has 1 heterocycles. The number of nitrogens with one attached hydrogen (secondary N) is 1. The second-order valence-electron chi connectivity index (χ2n) is 5.23. The molecule has 1 N–H and O–H groups in total. The van der Waals surface area contributed by atoms with Crippen LogP contribution in [0, 0.1) is 6.92 Å². The molecule has 0 aliphatic rings. The van der Waals surface area contributed by atoms with Gasteiger partial charge in [0.15, 0.2) is 5.69 Å². The third kappa shape index (κ3) is 3.36. The highest BCUT2D eigenvalue weighted by Gasteiger charge is 2.14. The van der Waals surface area contributed by atoms with E-state index in [-0.39, 0.29) is 5.69 Å². The molecule has 3 aromatic rings. The number of benzene rings is 2. The number of aromatic nitrogens is 2. The van der Waals surface area contributed by atoms with E-state index in [4.69, 9.17) is 11.6 Å². The van der Waals surface area contributed by atoms with E-state index in [0.717, 1.165) is 11.3 Å². The summed E-state index contributed by atoms with van der Waals surface area (Å²) in [6.07, 6.45) is 1.52. The molecule has 24 heavy (non-hydrogen) atoms. The van der Waals surface area contributed by atoms with Crippen molar-refractivity contribution in [3.05, 3.63) is 87.3 Å². The molecule has 0 bridgehead atoms. The monoisotopic (exact) mass is 339 g/mol. The lowest BCUT2D eigenvalue weighted by Gasteiger charge is -2.08. The lowest BCUT2D eigenvalue weighted by atomic mass is 10.2. The van der Waals surface area contributed by atoms with Crippen LogP contribution in [0.5, 0.6) is 0 Å². The van der Waals surface area contributed by atoms with E-state index in [9.17, 15) is 9.59 Å². The standard InChI is InChI=1S/C18H14ClN3O2/c1-12-7-8-13(11-15(12)19)20-18(24)17-16(23)9-10-22(21-17)14-5-3-2-4-6-14/h2-11H,1H3,(H,20,24). The molecular formula is C18H14ClN3O2. The van der Waals surface area contributed by atoms with Crippen LogP contribution in [0.3, 0.4) is 0 Å². The molecule has 0 saturated carbocycles. The minimum atomic E-state index is -0.579. The highest BCUT2D eigenvalue weighted by Crippen LogP contribution is 2.20. The smallest absolute Gasteiger partial charge is 0.280 e. The summed E-state index contributed by atoms with van der Waals surface area (Å²) in [6, 6.07) is 15.7. The van der Waals surface area contributed by atoms with Gasteiger partial charge in [0, 0.05) is 23.0 Å². The van der Waals surface area contributed by atoms with Crippen molar-refractivity contribution in [2.45, 2.75) is 6.92 Å². The molecule has 0 aliphatic heterocycles. The van der Waals surface area contributed by atoms with Gasteiger partial charge in [-0.3, -0.25) is 9.59 Å². The molecule has 0 spiro atoms. The van der Waals surface area contributed by atoms with Crippen molar-refractivity contribution in [3.63, 3.8) is 0 Å².